The van der Waals surface area contributed by atoms with E-state index in [1.165, 1.54) is 28.7 Å². The number of carbonyl (C=O) groups is 1. The topological polar surface area (TPSA) is 72.7 Å². The van der Waals surface area contributed by atoms with Crippen molar-refractivity contribution in [1.29, 1.82) is 0 Å². The van der Waals surface area contributed by atoms with Gasteiger partial charge < -0.3 is 5.32 Å². The molecule has 0 fully saturated rings. The summed E-state index contributed by atoms with van der Waals surface area (Å²) in [7, 11) is 0. The van der Waals surface area contributed by atoms with Crippen LogP contribution in [0.25, 0.3) is 5.69 Å². The molecule has 6 nitrogen and oxygen atoms in total. The molecule has 0 spiro atoms. The largest absolute Gasteiger partial charge is 0.301 e. The minimum atomic E-state index is -0.107. The summed E-state index contributed by atoms with van der Waals surface area (Å²) in [6, 6.07) is 6.20. The third-order valence-corrected chi connectivity index (χ3v) is 5.14. The van der Waals surface area contributed by atoms with Gasteiger partial charge in [-0.05, 0) is 32.4 Å². The van der Waals surface area contributed by atoms with Crippen molar-refractivity contribution in [2.45, 2.75) is 25.9 Å². The second-order valence-electron chi connectivity index (χ2n) is 5.40. The number of thioether (sulfide) groups is 1. The lowest BCUT2D eigenvalue weighted by atomic mass is 10.1. The van der Waals surface area contributed by atoms with Crippen molar-refractivity contribution in [3.8, 4) is 5.69 Å². The van der Waals surface area contributed by atoms with Gasteiger partial charge >= 0.3 is 0 Å². The van der Waals surface area contributed by atoms with Crippen molar-refractivity contribution in [2.75, 3.05) is 11.1 Å². The first-order chi connectivity index (χ1) is 11.5. The van der Waals surface area contributed by atoms with Crippen LogP contribution in [0.2, 0.25) is 0 Å². The number of carbonyl (C=O) groups excluding carboxylic acids is 1. The van der Waals surface area contributed by atoms with Crippen LogP contribution in [0.1, 0.15) is 16.8 Å². The molecule has 0 aliphatic heterocycles. The van der Waals surface area contributed by atoms with Crippen LogP contribution in [0.3, 0.4) is 0 Å². The lowest BCUT2D eigenvalue weighted by molar-refractivity contribution is -0.113. The molecule has 0 bridgehead atoms. The number of aromatic nitrogens is 4. The molecule has 0 radical (unpaired) electrons. The monoisotopic (exact) mass is 359 g/mol. The summed E-state index contributed by atoms with van der Waals surface area (Å²) in [5.74, 6) is 0.145. The minimum Gasteiger partial charge on any atom is -0.301 e. The molecule has 3 rings (SSSR count). The van der Waals surface area contributed by atoms with E-state index in [1.807, 2.05) is 35.9 Å². The number of anilines is 1. The van der Waals surface area contributed by atoms with Crippen LogP contribution in [0.5, 0.6) is 0 Å². The fourth-order valence-electron chi connectivity index (χ4n) is 2.26. The lowest BCUT2D eigenvalue weighted by Gasteiger charge is -2.10. The Balaban J connectivity index is 1.68. The number of benzene rings is 1. The van der Waals surface area contributed by atoms with Crippen molar-refractivity contribution in [3.05, 3.63) is 46.7 Å². The predicted molar refractivity (Wildman–Crippen MR) is 97.0 cm³/mol. The molecule has 0 saturated carbocycles. The molecule has 3 aromatic rings. The van der Waals surface area contributed by atoms with E-state index in [1.54, 1.807) is 6.33 Å². The minimum absolute atomic E-state index is 0.107. The molecule has 0 aliphatic rings. The van der Waals surface area contributed by atoms with Crippen LogP contribution in [0.4, 0.5) is 5.13 Å². The van der Waals surface area contributed by atoms with E-state index in [0.717, 1.165) is 16.9 Å². The normalized spacial score (nSPS) is 10.8. The van der Waals surface area contributed by atoms with Crippen molar-refractivity contribution >= 4 is 34.1 Å². The molecule has 1 aromatic carbocycles. The number of thiazole rings is 1. The first-order valence-corrected chi connectivity index (χ1v) is 9.22. The average molecular weight is 359 g/mol. The molecule has 124 valence electrons. The van der Waals surface area contributed by atoms with Gasteiger partial charge in [0.15, 0.2) is 10.3 Å². The molecule has 0 saturated heterocycles. The molecule has 0 aliphatic carbocycles. The van der Waals surface area contributed by atoms with Crippen LogP contribution >= 0.6 is 23.1 Å². The highest BCUT2D eigenvalue weighted by atomic mass is 32.2. The molecular formula is C16H17N5OS2. The lowest BCUT2D eigenvalue weighted by Crippen LogP contribution is -2.14. The summed E-state index contributed by atoms with van der Waals surface area (Å²) < 4.78 is 1.90. The first-order valence-electron chi connectivity index (χ1n) is 7.35. The van der Waals surface area contributed by atoms with Crippen molar-refractivity contribution < 1.29 is 4.79 Å². The number of rotatable bonds is 5. The quantitative estimate of drug-likeness (QED) is 0.707. The highest BCUT2D eigenvalue weighted by molar-refractivity contribution is 7.99. The van der Waals surface area contributed by atoms with Gasteiger partial charge in [-0.3, -0.25) is 9.36 Å². The van der Waals surface area contributed by atoms with E-state index in [2.05, 4.69) is 33.5 Å². The molecule has 1 amide bonds. The van der Waals surface area contributed by atoms with Crippen LogP contribution in [-0.4, -0.2) is 31.4 Å². The van der Waals surface area contributed by atoms with Gasteiger partial charge in [-0.25, -0.2) is 4.98 Å². The van der Waals surface area contributed by atoms with E-state index in [9.17, 15) is 4.79 Å². The molecule has 0 atom stereocenters. The maximum absolute atomic E-state index is 12.1. The van der Waals surface area contributed by atoms with Crippen molar-refractivity contribution in [1.82, 2.24) is 19.7 Å². The molecule has 0 unspecified atom stereocenters. The molecule has 24 heavy (non-hydrogen) atoms. The average Bonchev–Trinajstić information content (AvgIpc) is 3.14. The van der Waals surface area contributed by atoms with Gasteiger partial charge in [0.2, 0.25) is 5.91 Å². The van der Waals surface area contributed by atoms with E-state index in [-0.39, 0.29) is 11.7 Å². The van der Waals surface area contributed by atoms with Crippen molar-refractivity contribution in [3.63, 3.8) is 0 Å². The van der Waals surface area contributed by atoms with Crippen LogP contribution in [0, 0.1) is 20.8 Å². The second kappa shape index (κ2) is 7.14. The molecule has 8 heteroatoms. The standard InChI is InChI=1S/C16H17N5OS2/c1-10-4-5-13(11(2)6-10)21-9-17-20-16(21)24-8-14(22)19-15-18-12(3)7-23-15/h4-7,9H,8H2,1-3H3,(H,18,19,22). The second-order valence-corrected chi connectivity index (χ2v) is 7.20. The van der Waals surface area contributed by atoms with Gasteiger partial charge in [0.25, 0.3) is 0 Å². The Hall–Kier alpha value is -2.19. The Morgan fingerprint density at radius 3 is 2.88 bits per heavy atom. The summed E-state index contributed by atoms with van der Waals surface area (Å²) in [5, 5.41) is 14.1. The summed E-state index contributed by atoms with van der Waals surface area (Å²) in [4.78, 5) is 16.3. The van der Waals surface area contributed by atoms with E-state index >= 15 is 0 Å². The third-order valence-electron chi connectivity index (χ3n) is 3.33. The fraction of sp³-hybridized carbons (Fsp3) is 0.250. The van der Waals surface area contributed by atoms with Gasteiger partial charge in [0.05, 0.1) is 17.1 Å². The summed E-state index contributed by atoms with van der Waals surface area (Å²) >= 11 is 2.77. The van der Waals surface area contributed by atoms with Gasteiger partial charge in [0.1, 0.15) is 6.33 Å². The number of aryl methyl sites for hydroxylation is 3. The number of nitrogens with zero attached hydrogens (tertiary/aromatic N) is 4. The van der Waals surface area contributed by atoms with Crippen molar-refractivity contribution in [2.24, 2.45) is 0 Å². The molecule has 1 N–H and O–H groups in total. The number of hydrogen-bond donors (Lipinski definition) is 1. The smallest absolute Gasteiger partial charge is 0.236 e. The summed E-state index contributed by atoms with van der Waals surface area (Å²) in [5.41, 5.74) is 4.26. The zero-order valence-electron chi connectivity index (χ0n) is 13.6. The van der Waals surface area contributed by atoms with Gasteiger partial charge in [-0.15, -0.1) is 21.5 Å². The highest BCUT2D eigenvalue weighted by Crippen LogP contribution is 2.23. The Labute approximate surface area is 148 Å². The van der Waals surface area contributed by atoms with Gasteiger partial charge in [-0.2, -0.15) is 0 Å². The molecule has 2 heterocycles. The maximum Gasteiger partial charge on any atom is 0.236 e. The zero-order chi connectivity index (χ0) is 17.1. The zero-order valence-corrected chi connectivity index (χ0v) is 15.2. The summed E-state index contributed by atoms with van der Waals surface area (Å²) in [6.45, 7) is 6.00. The Kier molecular flexibility index (Phi) is 4.96. The Bertz CT molecular complexity index is 871. The number of hydrogen-bond acceptors (Lipinski definition) is 6. The predicted octanol–water partition coefficient (Wildman–Crippen LogP) is 3.38. The fourth-order valence-corrected chi connectivity index (χ4v) is 3.69. The Morgan fingerprint density at radius 2 is 2.17 bits per heavy atom. The molecule has 2 aromatic heterocycles. The maximum atomic E-state index is 12.1. The highest BCUT2D eigenvalue weighted by Gasteiger charge is 2.12. The third kappa shape index (κ3) is 3.82. The van der Waals surface area contributed by atoms with E-state index in [4.69, 9.17) is 0 Å². The van der Waals surface area contributed by atoms with E-state index in [0.29, 0.717) is 10.3 Å². The number of amides is 1. The van der Waals surface area contributed by atoms with E-state index < -0.39 is 0 Å². The van der Waals surface area contributed by atoms with Crippen LogP contribution in [-0.2, 0) is 4.79 Å². The van der Waals surface area contributed by atoms with Crippen LogP contribution in [0.15, 0.2) is 35.1 Å². The van der Waals surface area contributed by atoms with Crippen LogP contribution < -0.4 is 5.32 Å². The summed E-state index contributed by atoms with van der Waals surface area (Å²) in [6.07, 6.45) is 1.67. The SMILES string of the molecule is Cc1ccc(-n2cnnc2SCC(=O)Nc2nc(C)cs2)c(C)c1. The number of nitrogens with one attached hydrogen (secondary N) is 1. The Morgan fingerprint density at radius 1 is 1.33 bits per heavy atom. The van der Waals surface area contributed by atoms with Gasteiger partial charge in [-0.1, -0.05) is 29.5 Å². The van der Waals surface area contributed by atoms with Gasteiger partial charge in [0, 0.05) is 5.38 Å². The first kappa shape index (κ1) is 16.7. The molecular weight excluding hydrogens is 342 g/mol.